The Morgan fingerprint density at radius 3 is 2.47 bits per heavy atom. The summed E-state index contributed by atoms with van der Waals surface area (Å²) in [5.41, 5.74) is 1.27. The summed E-state index contributed by atoms with van der Waals surface area (Å²) in [5, 5.41) is 10.6. The highest BCUT2D eigenvalue weighted by Gasteiger charge is 2.27. The molecule has 3 amide bonds. The number of hydrogen-bond acceptors (Lipinski definition) is 6. The maximum absolute atomic E-state index is 12.6. The fourth-order valence-corrected chi connectivity index (χ4v) is 3.86. The molecule has 2 heterocycles. The van der Waals surface area contributed by atoms with Gasteiger partial charge in [-0.2, -0.15) is 10.1 Å². The molecule has 1 atom stereocenters. The van der Waals surface area contributed by atoms with Crippen LogP contribution in [0.4, 0.5) is 11.4 Å². The van der Waals surface area contributed by atoms with Gasteiger partial charge in [0.15, 0.2) is 5.76 Å². The van der Waals surface area contributed by atoms with Gasteiger partial charge in [0.25, 0.3) is 11.8 Å². The van der Waals surface area contributed by atoms with Gasteiger partial charge in [0, 0.05) is 10.6 Å². The summed E-state index contributed by atoms with van der Waals surface area (Å²) in [6, 6.07) is 19.4. The van der Waals surface area contributed by atoms with Crippen molar-refractivity contribution < 1.29 is 18.8 Å². The molecule has 1 aliphatic rings. The van der Waals surface area contributed by atoms with Crippen LogP contribution >= 0.6 is 11.8 Å². The van der Waals surface area contributed by atoms with Crippen molar-refractivity contribution in [1.82, 2.24) is 5.32 Å². The molecule has 9 heteroatoms. The molecule has 1 aromatic heterocycles. The zero-order valence-corrected chi connectivity index (χ0v) is 18.0. The molecule has 1 aliphatic heterocycles. The lowest BCUT2D eigenvalue weighted by Gasteiger charge is -2.12. The van der Waals surface area contributed by atoms with Gasteiger partial charge in [0.05, 0.1) is 23.6 Å². The third kappa shape index (κ3) is 5.06. The van der Waals surface area contributed by atoms with Crippen LogP contribution in [0, 0.1) is 0 Å². The largest absolute Gasteiger partial charge is 0.459 e. The lowest BCUT2D eigenvalue weighted by atomic mass is 10.3. The first-order valence-electron chi connectivity index (χ1n) is 9.87. The number of benzene rings is 2. The van der Waals surface area contributed by atoms with Crippen molar-refractivity contribution >= 4 is 46.7 Å². The molecule has 8 nitrogen and oxygen atoms in total. The second-order valence-electron chi connectivity index (χ2n) is 6.97. The number of hydrazone groups is 1. The maximum Gasteiger partial charge on any atom is 0.291 e. The van der Waals surface area contributed by atoms with Crippen molar-refractivity contribution in [1.29, 1.82) is 0 Å². The van der Waals surface area contributed by atoms with Gasteiger partial charge < -0.3 is 15.1 Å². The van der Waals surface area contributed by atoms with E-state index in [0.29, 0.717) is 17.2 Å². The Balaban J connectivity index is 1.32. The number of furan rings is 1. The van der Waals surface area contributed by atoms with Crippen molar-refractivity contribution in [3.63, 3.8) is 0 Å². The lowest BCUT2D eigenvalue weighted by Crippen LogP contribution is -2.35. The Hall–Kier alpha value is -3.85. The summed E-state index contributed by atoms with van der Waals surface area (Å²) < 4.78 is 5.07. The molecule has 2 N–H and O–H groups in total. The van der Waals surface area contributed by atoms with E-state index in [4.69, 9.17) is 4.42 Å². The van der Waals surface area contributed by atoms with E-state index in [-0.39, 0.29) is 29.9 Å². The average molecular weight is 449 g/mol. The summed E-state index contributed by atoms with van der Waals surface area (Å²) in [4.78, 5) is 37.7. The van der Waals surface area contributed by atoms with Gasteiger partial charge in [-0.25, -0.2) is 0 Å². The van der Waals surface area contributed by atoms with E-state index in [1.165, 1.54) is 23.0 Å². The molecule has 0 spiro atoms. The number of carbonyl (C=O) groups excluding carboxylic acids is 3. The van der Waals surface area contributed by atoms with Crippen LogP contribution in [-0.2, 0) is 9.59 Å². The second kappa shape index (κ2) is 9.52. The summed E-state index contributed by atoms with van der Waals surface area (Å²) in [5.74, 6) is -0.217. The molecular formula is C23H20N4O4S. The number of amidine groups is 1. The highest BCUT2D eigenvalue weighted by molar-refractivity contribution is 8.00. The van der Waals surface area contributed by atoms with Crippen LogP contribution in [0.1, 0.15) is 23.9 Å². The highest BCUT2D eigenvalue weighted by atomic mass is 32.2. The number of para-hydroxylation sites is 1. The van der Waals surface area contributed by atoms with Crippen LogP contribution in [-0.4, -0.2) is 28.8 Å². The average Bonchev–Trinajstić information content (AvgIpc) is 3.46. The molecule has 1 unspecified atom stereocenters. The normalized spacial score (nSPS) is 14.1. The first-order chi connectivity index (χ1) is 15.5. The zero-order chi connectivity index (χ0) is 22.5. The lowest BCUT2D eigenvalue weighted by molar-refractivity contribution is -0.118. The quantitative estimate of drug-likeness (QED) is 0.557. The van der Waals surface area contributed by atoms with Crippen LogP contribution in [0.5, 0.6) is 0 Å². The minimum Gasteiger partial charge on any atom is -0.459 e. The Bertz CT molecular complexity index is 1140. The number of hydrogen-bond donors (Lipinski definition) is 2. The summed E-state index contributed by atoms with van der Waals surface area (Å²) in [7, 11) is 0. The molecule has 32 heavy (non-hydrogen) atoms. The van der Waals surface area contributed by atoms with E-state index in [2.05, 4.69) is 15.7 Å². The topological polar surface area (TPSA) is 104 Å². The number of rotatable bonds is 6. The molecule has 0 radical (unpaired) electrons. The predicted octanol–water partition coefficient (Wildman–Crippen LogP) is 3.88. The van der Waals surface area contributed by atoms with Gasteiger partial charge in [0.2, 0.25) is 5.91 Å². The van der Waals surface area contributed by atoms with Crippen LogP contribution < -0.4 is 15.6 Å². The molecule has 2 aromatic carbocycles. The monoisotopic (exact) mass is 448 g/mol. The molecule has 0 aliphatic carbocycles. The fraction of sp³-hybridized carbons (Fsp3) is 0.130. The molecule has 0 bridgehead atoms. The van der Waals surface area contributed by atoms with Crippen molar-refractivity contribution in [2.24, 2.45) is 5.10 Å². The third-order valence-corrected chi connectivity index (χ3v) is 5.70. The first kappa shape index (κ1) is 21.4. The van der Waals surface area contributed by atoms with E-state index < -0.39 is 5.25 Å². The van der Waals surface area contributed by atoms with Gasteiger partial charge >= 0.3 is 0 Å². The van der Waals surface area contributed by atoms with Gasteiger partial charge in [-0.15, -0.1) is 11.8 Å². The predicted molar refractivity (Wildman–Crippen MR) is 123 cm³/mol. The molecule has 4 rings (SSSR count). The SMILES string of the molecule is CC(Sc1ccc(NC(=O)c2ccco2)cc1)C(=O)NC1=NN(c2ccccc2)C(=O)C1. The highest BCUT2D eigenvalue weighted by Crippen LogP contribution is 2.25. The van der Waals surface area contributed by atoms with Crippen molar-refractivity contribution in [2.75, 3.05) is 10.3 Å². The minimum absolute atomic E-state index is 0.0437. The Labute approximate surface area is 188 Å². The Morgan fingerprint density at radius 1 is 1.03 bits per heavy atom. The molecule has 0 saturated carbocycles. The van der Waals surface area contributed by atoms with E-state index in [0.717, 1.165) is 4.90 Å². The number of amides is 3. The number of thioether (sulfide) groups is 1. The van der Waals surface area contributed by atoms with E-state index in [1.54, 1.807) is 43.3 Å². The fourth-order valence-electron chi connectivity index (χ4n) is 2.99. The Morgan fingerprint density at radius 2 is 1.78 bits per heavy atom. The van der Waals surface area contributed by atoms with Crippen LogP contribution in [0.2, 0.25) is 0 Å². The van der Waals surface area contributed by atoms with Gasteiger partial charge in [0.1, 0.15) is 5.84 Å². The smallest absolute Gasteiger partial charge is 0.291 e. The van der Waals surface area contributed by atoms with Crippen LogP contribution in [0.15, 0.2) is 87.4 Å². The number of carbonyl (C=O) groups is 3. The zero-order valence-electron chi connectivity index (χ0n) is 17.1. The standard InChI is InChI=1S/C23H20N4O4S/c1-15(22(29)25-20-14-21(28)27(26-20)17-6-3-2-4-7-17)32-18-11-9-16(10-12-18)24-23(30)19-8-5-13-31-19/h2-13,15H,14H2,1H3,(H,24,30)(H,25,26,29). The summed E-state index contributed by atoms with van der Waals surface area (Å²) in [6.07, 6.45) is 1.48. The molecule has 0 saturated heterocycles. The van der Waals surface area contributed by atoms with E-state index in [9.17, 15) is 14.4 Å². The Kier molecular flexibility index (Phi) is 6.37. The second-order valence-corrected chi connectivity index (χ2v) is 8.38. The molecule has 0 fully saturated rings. The van der Waals surface area contributed by atoms with Gasteiger partial charge in [-0.3, -0.25) is 14.4 Å². The molecule has 3 aromatic rings. The maximum atomic E-state index is 12.6. The summed E-state index contributed by atoms with van der Waals surface area (Å²) in [6.45, 7) is 1.78. The number of nitrogens with one attached hydrogen (secondary N) is 2. The van der Waals surface area contributed by atoms with E-state index in [1.807, 2.05) is 30.3 Å². The molecular weight excluding hydrogens is 428 g/mol. The van der Waals surface area contributed by atoms with Gasteiger partial charge in [-0.05, 0) is 55.5 Å². The van der Waals surface area contributed by atoms with Crippen molar-refractivity contribution in [3.05, 3.63) is 78.8 Å². The van der Waals surface area contributed by atoms with Crippen LogP contribution in [0.25, 0.3) is 0 Å². The van der Waals surface area contributed by atoms with Crippen molar-refractivity contribution in [2.45, 2.75) is 23.5 Å². The van der Waals surface area contributed by atoms with E-state index >= 15 is 0 Å². The van der Waals surface area contributed by atoms with Crippen molar-refractivity contribution in [3.8, 4) is 0 Å². The summed E-state index contributed by atoms with van der Waals surface area (Å²) >= 11 is 1.36. The third-order valence-electron chi connectivity index (χ3n) is 4.58. The number of anilines is 2. The van der Waals surface area contributed by atoms with Crippen LogP contribution in [0.3, 0.4) is 0 Å². The molecule has 162 valence electrons. The van der Waals surface area contributed by atoms with Gasteiger partial charge in [-0.1, -0.05) is 18.2 Å². The number of nitrogens with zero attached hydrogens (tertiary/aromatic N) is 2. The minimum atomic E-state index is -0.415. The first-order valence-corrected chi connectivity index (χ1v) is 10.8.